The topological polar surface area (TPSA) is 47.6 Å². The molecular formula is C18H21NO3S. The molecule has 5 heteroatoms. The van der Waals surface area contributed by atoms with Gasteiger partial charge in [-0.25, -0.2) is 0 Å². The van der Waals surface area contributed by atoms with Crippen molar-refractivity contribution in [3.8, 4) is 11.5 Å². The van der Waals surface area contributed by atoms with Crippen molar-refractivity contribution in [2.24, 2.45) is 0 Å². The highest BCUT2D eigenvalue weighted by Crippen LogP contribution is 2.27. The third-order valence-electron chi connectivity index (χ3n) is 3.33. The SMILES string of the molecule is CCSc1ccccc1C(=O)NCc1ccc(OC)c(OC)c1. The number of rotatable bonds is 7. The number of carbonyl (C=O) groups is 1. The van der Waals surface area contributed by atoms with E-state index in [1.807, 2.05) is 42.5 Å². The van der Waals surface area contributed by atoms with Gasteiger partial charge in [-0.15, -0.1) is 11.8 Å². The lowest BCUT2D eigenvalue weighted by atomic mass is 10.1. The number of ether oxygens (including phenoxy) is 2. The molecule has 2 aromatic carbocycles. The molecular weight excluding hydrogens is 310 g/mol. The molecule has 0 saturated carbocycles. The summed E-state index contributed by atoms with van der Waals surface area (Å²) in [7, 11) is 3.19. The van der Waals surface area contributed by atoms with Crippen LogP contribution in [0.1, 0.15) is 22.8 Å². The van der Waals surface area contributed by atoms with Crippen molar-refractivity contribution in [3.63, 3.8) is 0 Å². The van der Waals surface area contributed by atoms with Crippen molar-refractivity contribution in [1.29, 1.82) is 0 Å². The predicted octanol–water partition coefficient (Wildman–Crippen LogP) is 3.75. The maximum absolute atomic E-state index is 12.4. The van der Waals surface area contributed by atoms with Gasteiger partial charge in [-0.3, -0.25) is 4.79 Å². The lowest BCUT2D eigenvalue weighted by Crippen LogP contribution is -2.23. The van der Waals surface area contributed by atoms with Crippen LogP contribution in [0.2, 0.25) is 0 Å². The fraction of sp³-hybridized carbons (Fsp3) is 0.278. The zero-order chi connectivity index (χ0) is 16.7. The first kappa shape index (κ1) is 17.2. The molecule has 0 aliphatic rings. The molecule has 1 amide bonds. The summed E-state index contributed by atoms with van der Waals surface area (Å²) in [5, 5.41) is 2.95. The van der Waals surface area contributed by atoms with Crippen molar-refractivity contribution in [2.75, 3.05) is 20.0 Å². The molecule has 2 rings (SSSR count). The van der Waals surface area contributed by atoms with Gasteiger partial charge < -0.3 is 14.8 Å². The summed E-state index contributed by atoms with van der Waals surface area (Å²) in [5.74, 6) is 2.18. The summed E-state index contributed by atoms with van der Waals surface area (Å²) < 4.78 is 10.5. The molecule has 0 fully saturated rings. The Labute approximate surface area is 141 Å². The largest absolute Gasteiger partial charge is 0.493 e. The van der Waals surface area contributed by atoms with Gasteiger partial charge in [-0.2, -0.15) is 0 Å². The van der Waals surface area contributed by atoms with Crippen LogP contribution < -0.4 is 14.8 Å². The number of carbonyl (C=O) groups excluding carboxylic acids is 1. The van der Waals surface area contributed by atoms with E-state index >= 15 is 0 Å². The molecule has 23 heavy (non-hydrogen) atoms. The van der Waals surface area contributed by atoms with E-state index in [4.69, 9.17) is 9.47 Å². The van der Waals surface area contributed by atoms with E-state index in [0.29, 0.717) is 23.6 Å². The molecule has 0 bridgehead atoms. The average Bonchev–Trinajstić information content (AvgIpc) is 2.60. The summed E-state index contributed by atoms with van der Waals surface area (Å²) in [4.78, 5) is 13.4. The van der Waals surface area contributed by atoms with Gasteiger partial charge in [-0.1, -0.05) is 25.1 Å². The second kappa shape index (κ2) is 8.48. The third kappa shape index (κ3) is 4.42. The summed E-state index contributed by atoms with van der Waals surface area (Å²) in [6, 6.07) is 13.3. The molecule has 0 aliphatic carbocycles. The maximum atomic E-state index is 12.4. The van der Waals surface area contributed by atoms with Crippen LogP contribution >= 0.6 is 11.8 Å². The van der Waals surface area contributed by atoms with Gasteiger partial charge in [0.1, 0.15) is 0 Å². The van der Waals surface area contributed by atoms with E-state index in [-0.39, 0.29) is 5.91 Å². The standard InChI is InChI=1S/C18H21NO3S/c1-4-23-17-8-6-5-7-14(17)18(20)19-12-13-9-10-15(21-2)16(11-13)22-3/h5-11H,4,12H2,1-3H3,(H,19,20). The van der Waals surface area contributed by atoms with Crippen LogP contribution in [0.15, 0.2) is 47.4 Å². The van der Waals surface area contributed by atoms with Crippen LogP contribution in [0.4, 0.5) is 0 Å². The van der Waals surface area contributed by atoms with Crippen LogP contribution in [-0.4, -0.2) is 25.9 Å². The second-order valence-electron chi connectivity index (χ2n) is 4.80. The summed E-state index contributed by atoms with van der Waals surface area (Å²) in [6.07, 6.45) is 0. The van der Waals surface area contributed by atoms with Crippen LogP contribution in [0.5, 0.6) is 11.5 Å². The van der Waals surface area contributed by atoms with Gasteiger partial charge in [0.2, 0.25) is 0 Å². The zero-order valence-electron chi connectivity index (χ0n) is 13.6. The Bertz CT molecular complexity index is 673. The summed E-state index contributed by atoms with van der Waals surface area (Å²) in [6.45, 7) is 2.51. The summed E-state index contributed by atoms with van der Waals surface area (Å²) in [5.41, 5.74) is 1.66. The van der Waals surface area contributed by atoms with Gasteiger partial charge >= 0.3 is 0 Å². The molecule has 0 atom stereocenters. The Morgan fingerprint density at radius 3 is 2.52 bits per heavy atom. The number of benzene rings is 2. The van der Waals surface area contributed by atoms with Gasteiger partial charge in [-0.05, 0) is 35.6 Å². The van der Waals surface area contributed by atoms with Crippen LogP contribution in [0.3, 0.4) is 0 Å². The van der Waals surface area contributed by atoms with Crippen molar-refractivity contribution in [3.05, 3.63) is 53.6 Å². The van der Waals surface area contributed by atoms with E-state index < -0.39 is 0 Å². The molecule has 0 aromatic heterocycles. The zero-order valence-corrected chi connectivity index (χ0v) is 14.4. The molecule has 122 valence electrons. The lowest BCUT2D eigenvalue weighted by Gasteiger charge is -2.11. The minimum absolute atomic E-state index is 0.0728. The maximum Gasteiger partial charge on any atom is 0.252 e. The first-order chi connectivity index (χ1) is 11.2. The van der Waals surface area contributed by atoms with Gasteiger partial charge in [0, 0.05) is 11.4 Å². The van der Waals surface area contributed by atoms with Gasteiger partial charge in [0.15, 0.2) is 11.5 Å². The normalized spacial score (nSPS) is 10.2. The third-order valence-corrected chi connectivity index (χ3v) is 4.29. The Balaban J connectivity index is 2.07. The molecule has 1 N–H and O–H groups in total. The molecule has 0 heterocycles. The highest BCUT2D eigenvalue weighted by molar-refractivity contribution is 7.99. The molecule has 0 spiro atoms. The number of nitrogens with one attached hydrogen (secondary N) is 1. The Morgan fingerprint density at radius 1 is 1.09 bits per heavy atom. The number of hydrogen-bond donors (Lipinski definition) is 1. The van der Waals surface area contributed by atoms with E-state index in [2.05, 4.69) is 12.2 Å². The van der Waals surface area contributed by atoms with Crippen LogP contribution in [0.25, 0.3) is 0 Å². The Kier molecular flexibility index (Phi) is 6.35. The highest BCUT2D eigenvalue weighted by Gasteiger charge is 2.11. The van der Waals surface area contributed by atoms with Crippen LogP contribution in [0, 0.1) is 0 Å². The van der Waals surface area contributed by atoms with E-state index in [0.717, 1.165) is 16.2 Å². The van der Waals surface area contributed by atoms with Gasteiger partial charge in [0.25, 0.3) is 5.91 Å². The quantitative estimate of drug-likeness (QED) is 0.785. The first-order valence-corrected chi connectivity index (χ1v) is 8.39. The Hall–Kier alpha value is -2.14. The van der Waals surface area contributed by atoms with Crippen molar-refractivity contribution in [1.82, 2.24) is 5.32 Å². The van der Waals surface area contributed by atoms with Crippen LogP contribution in [-0.2, 0) is 6.54 Å². The Morgan fingerprint density at radius 2 is 1.83 bits per heavy atom. The van der Waals surface area contributed by atoms with E-state index in [1.54, 1.807) is 26.0 Å². The first-order valence-electron chi connectivity index (χ1n) is 7.40. The second-order valence-corrected chi connectivity index (χ2v) is 6.11. The molecule has 2 aromatic rings. The minimum atomic E-state index is -0.0728. The number of amides is 1. The number of methoxy groups -OCH3 is 2. The van der Waals surface area contributed by atoms with Crippen molar-refractivity contribution >= 4 is 17.7 Å². The number of hydrogen-bond acceptors (Lipinski definition) is 4. The van der Waals surface area contributed by atoms with E-state index in [1.165, 1.54) is 0 Å². The molecule has 0 unspecified atom stereocenters. The fourth-order valence-electron chi connectivity index (χ4n) is 2.20. The molecule has 0 aliphatic heterocycles. The minimum Gasteiger partial charge on any atom is -0.493 e. The van der Waals surface area contributed by atoms with E-state index in [9.17, 15) is 4.79 Å². The molecule has 0 saturated heterocycles. The predicted molar refractivity (Wildman–Crippen MR) is 93.6 cm³/mol. The average molecular weight is 331 g/mol. The molecule has 4 nitrogen and oxygen atoms in total. The molecule has 0 radical (unpaired) electrons. The fourth-order valence-corrected chi connectivity index (χ4v) is 3.01. The number of thioether (sulfide) groups is 1. The van der Waals surface area contributed by atoms with Crippen molar-refractivity contribution < 1.29 is 14.3 Å². The smallest absolute Gasteiger partial charge is 0.252 e. The lowest BCUT2D eigenvalue weighted by molar-refractivity contribution is 0.0948. The monoisotopic (exact) mass is 331 g/mol. The van der Waals surface area contributed by atoms with Gasteiger partial charge in [0.05, 0.1) is 19.8 Å². The van der Waals surface area contributed by atoms with Crippen molar-refractivity contribution in [2.45, 2.75) is 18.4 Å². The highest BCUT2D eigenvalue weighted by atomic mass is 32.2. The summed E-state index contributed by atoms with van der Waals surface area (Å²) >= 11 is 1.67.